The number of hydrogen-bond donors (Lipinski definition) is 0. The maximum Gasteiger partial charge on any atom is 0.317 e. The summed E-state index contributed by atoms with van der Waals surface area (Å²) in [6, 6.07) is 6.37. The van der Waals surface area contributed by atoms with E-state index in [-0.39, 0.29) is 16.7 Å². The van der Waals surface area contributed by atoms with Crippen molar-refractivity contribution in [2.75, 3.05) is 13.1 Å². The highest BCUT2D eigenvalue weighted by atomic mass is 35.5. The second-order valence-corrected chi connectivity index (χ2v) is 6.22. The number of amides is 1. The van der Waals surface area contributed by atoms with Crippen molar-refractivity contribution in [2.45, 2.75) is 26.4 Å². The van der Waals surface area contributed by atoms with Gasteiger partial charge >= 0.3 is 6.01 Å². The Balaban J connectivity index is 1.70. The summed E-state index contributed by atoms with van der Waals surface area (Å²) >= 11 is 5.97. The van der Waals surface area contributed by atoms with Crippen molar-refractivity contribution in [1.29, 1.82) is 0 Å². The Hall–Kier alpha value is -2.21. The zero-order valence-corrected chi connectivity index (χ0v) is 14.2. The number of carbonyl (C=O) groups excluding carboxylic acids is 1. The number of benzene rings is 1. The van der Waals surface area contributed by atoms with Gasteiger partial charge in [0.2, 0.25) is 0 Å². The van der Waals surface area contributed by atoms with Crippen LogP contribution in [0.4, 0.5) is 4.39 Å². The van der Waals surface area contributed by atoms with Crippen LogP contribution in [0.2, 0.25) is 5.02 Å². The predicted molar refractivity (Wildman–Crippen MR) is 87.9 cm³/mol. The molecule has 0 radical (unpaired) electrons. The minimum atomic E-state index is -0.616. The Bertz CT molecular complexity index is 744. The van der Waals surface area contributed by atoms with Crippen molar-refractivity contribution >= 4 is 17.5 Å². The van der Waals surface area contributed by atoms with E-state index < -0.39 is 11.7 Å². The van der Waals surface area contributed by atoms with Crippen molar-refractivity contribution < 1.29 is 13.9 Å². The van der Waals surface area contributed by atoms with Crippen LogP contribution in [0.15, 0.2) is 24.3 Å². The lowest BCUT2D eigenvalue weighted by atomic mass is 10.2. The van der Waals surface area contributed by atoms with Gasteiger partial charge in [-0.3, -0.25) is 4.79 Å². The molecule has 1 aliphatic rings. The van der Waals surface area contributed by atoms with E-state index in [0.29, 0.717) is 25.5 Å². The van der Waals surface area contributed by atoms with Gasteiger partial charge in [0, 0.05) is 24.4 Å². The molecular formula is C17H17ClFN3O2. The number of halogens is 2. The fourth-order valence-corrected chi connectivity index (χ4v) is 3.01. The quantitative estimate of drug-likeness (QED) is 0.854. The van der Waals surface area contributed by atoms with Crippen molar-refractivity contribution in [3.05, 3.63) is 52.1 Å². The first-order valence-electron chi connectivity index (χ1n) is 7.66. The van der Waals surface area contributed by atoms with Crippen LogP contribution in [-0.4, -0.2) is 40.0 Å². The molecule has 0 aliphatic carbocycles. The Morgan fingerprint density at radius 3 is 2.71 bits per heavy atom. The van der Waals surface area contributed by atoms with E-state index in [2.05, 4.69) is 9.97 Å². The highest BCUT2D eigenvalue weighted by Gasteiger charge is 2.31. The number of nitrogens with zero attached hydrogens (tertiary/aromatic N) is 3. The summed E-state index contributed by atoms with van der Waals surface area (Å²) in [6.07, 6.45) is 0.412. The van der Waals surface area contributed by atoms with E-state index in [1.54, 1.807) is 0 Å². The Morgan fingerprint density at radius 1 is 1.33 bits per heavy atom. The molecule has 5 nitrogen and oxygen atoms in total. The van der Waals surface area contributed by atoms with Gasteiger partial charge < -0.3 is 9.64 Å². The number of ether oxygens (including phenoxy) is 1. The minimum absolute atomic E-state index is 0.0949. The molecule has 0 spiro atoms. The molecule has 1 amide bonds. The summed E-state index contributed by atoms with van der Waals surface area (Å²) in [7, 11) is 0. The molecule has 1 aromatic carbocycles. The van der Waals surface area contributed by atoms with E-state index in [1.165, 1.54) is 23.1 Å². The zero-order chi connectivity index (χ0) is 17.3. The van der Waals surface area contributed by atoms with Crippen LogP contribution in [-0.2, 0) is 0 Å². The molecule has 1 unspecified atom stereocenters. The second kappa shape index (κ2) is 6.73. The van der Waals surface area contributed by atoms with Gasteiger partial charge in [-0.1, -0.05) is 17.7 Å². The average molecular weight is 350 g/mol. The molecule has 2 aromatic rings. The number of carbonyl (C=O) groups is 1. The Morgan fingerprint density at radius 2 is 2.04 bits per heavy atom. The number of aryl methyl sites for hydroxylation is 2. The number of likely N-dealkylation sites (tertiary alicyclic amines) is 1. The third kappa shape index (κ3) is 3.48. The first kappa shape index (κ1) is 16.6. The van der Waals surface area contributed by atoms with Crippen molar-refractivity contribution in [1.82, 2.24) is 14.9 Å². The summed E-state index contributed by atoms with van der Waals surface area (Å²) in [4.78, 5) is 22.5. The molecule has 1 fully saturated rings. The summed E-state index contributed by atoms with van der Waals surface area (Å²) in [5.41, 5.74) is 1.55. The van der Waals surface area contributed by atoms with Gasteiger partial charge in [0.05, 0.1) is 17.1 Å². The molecule has 1 saturated heterocycles. The topological polar surface area (TPSA) is 55.3 Å². The molecular weight excluding hydrogens is 333 g/mol. The highest BCUT2D eigenvalue weighted by Crippen LogP contribution is 2.24. The summed E-state index contributed by atoms with van der Waals surface area (Å²) in [5.74, 6) is -1.04. The lowest BCUT2D eigenvalue weighted by Gasteiger charge is -2.18. The first-order chi connectivity index (χ1) is 11.4. The molecule has 1 aliphatic heterocycles. The normalized spacial score (nSPS) is 17.2. The Kier molecular flexibility index (Phi) is 4.66. The molecule has 24 heavy (non-hydrogen) atoms. The first-order valence-corrected chi connectivity index (χ1v) is 8.04. The van der Waals surface area contributed by atoms with Crippen molar-refractivity contribution in [3.63, 3.8) is 0 Å². The van der Waals surface area contributed by atoms with Crippen LogP contribution in [0.25, 0.3) is 0 Å². The molecule has 7 heteroatoms. The summed E-state index contributed by atoms with van der Waals surface area (Å²) in [5, 5.41) is 0.113. The van der Waals surface area contributed by atoms with Gasteiger partial charge in [-0.15, -0.1) is 0 Å². The molecule has 1 aromatic heterocycles. The molecule has 2 heterocycles. The zero-order valence-electron chi connectivity index (χ0n) is 13.4. The van der Waals surface area contributed by atoms with Gasteiger partial charge in [-0.05, 0) is 32.0 Å². The smallest absolute Gasteiger partial charge is 0.317 e. The van der Waals surface area contributed by atoms with Gasteiger partial charge in [0.1, 0.15) is 11.9 Å². The minimum Gasteiger partial charge on any atom is -0.458 e. The molecule has 1 atom stereocenters. The maximum absolute atomic E-state index is 13.9. The Labute approximate surface area is 144 Å². The van der Waals surface area contributed by atoms with Crippen LogP contribution in [0.3, 0.4) is 0 Å². The van der Waals surface area contributed by atoms with E-state index in [4.69, 9.17) is 16.3 Å². The molecule has 0 bridgehead atoms. The number of aromatic nitrogens is 2. The number of rotatable bonds is 3. The van der Waals surface area contributed by atoms with Crippen LogP contribution < -0.4 is 4.74 Å². The molecule has 126 valence electrons. The van der Waals surface area contributed by atoms with Gasteiger partial charge in [0.15, 0.2) is 0 Å². The van der Waals surface area contributed by atoms with Crippen LogP contribution >= 0.6 is 11.6 Å². The average Bonchev–Trinajstić information content (AvgIpc) is 2.94. The lowest BCUT2D eigenvalue weighted by molar-refractivity contribution is 0.0765. The SMILES string of the molecule is Cc1cc(C)nc(OC2CCN(C(=O)c3c(F)cccc3Cl)C2)n1. The van der Waals surface area contributed by atoms with Crippen LogP contribution in [0.1, 0.15) is 28.2 Å². The largest absolute Gasteiger partial charge is 0.458 e. The van der Waals surface area contributed by atoms with Crippen molar-refractivity contribution in [2.24, 2.45) is 0 Å². The summed E-state index contributed by atoms with van der Waals surface area (Å²) < 4.78 is 19.7. The van der Waals surface area contributed by atoms with Gasteiger partial charge in [-0.2, -0.15) is 0 Å². The molecule has 0 saturated carbocycles. The van der Waals surface area contributed by atoms with E-state index in [9.17, 15) is 9.18 Å². The molecule has 0 N–H and O–H groups in total. The van der Waals surface area contributed by atoms with Crippen LogP contribution in [0.5, 0.6) is 6.01 Å². The van der Waals surface area contributed by atoms with E-state index in [1.807, 2.05) is 19.9 Å². The molecule has 3 rings (SSSR count). The third-order valence-electron chi connectivity index (χ3n) is 3.84. The monoisotopic (exact) mass is 349 g/mol. The van der Waals surface area contributed by atoms with Crippen LogP contribution in [0, 0.1) is 19.7 Å². The highest BCUT2D eigenvalue weighted by molar-refractivity contribution is 6.33. The van der Waals surface area contributed by atoms with E-state index >= 15 is 0 Å². The predicted octanol–water partition coefficient (Wildman–Crippen LogP) is 3.18. The standard InChI is InChI=1S/C17H17ClFN3O2/c1-10-8-11(2)21-17(20-10)24-12-6-7-22(9-12)16(23)15-13(18)4-3-5-14(15)19/h3-5,8,12H,6-7,9H2,1-2H3. The lowest BCUT2D eigenvalue weighted by Crippen LogP contribution is -2.32. The van der Waals surface area contributed by atoms with Crippen molar-refractivity contribution in [3.8, 4) is 6.01 Å². The van der Waals surface area contributed by atoms with E-state index in [0.717, 1.165) is 11.4 Å². The fraction of sp³-hybridized carbons (Fsp3) is 0.353. The number of hydrogen-bond acceptors (Lipinski definition) is 4. The van der Waals surface area contributed by atoms with Gasteiger partial charge in [0.25, 0.3) is 5.91 Å². The van der Waals surface area contributed by atoms with Gasteiger partial charge in [-0.25, -0.2) is 14.4 Å². The second-order valence-electron chi connectivity index (χ2n) is 5.81. The maximum atomic E-state index is 13.9. The summed E-state index contributed by atoms with van der Waals surface area (Å²) in [6.45, 7) is 4.55. The fourth-order valence-electron chi connectivity index (χ4n) is 2.76. The third-order valence-corrected chi connectivity index (χ3v) is 4.16.